The van der Waals surface area contributed by atoms with Gasteiger partial charge in [0.1, 0.15) is 9.52 Å². The van der Waals surface area contributed by atoms with Crippen LogP contribution in [0.25, 0.3) is 5.73 Å². The molecule has 1 nitrogen and oxygen atoms in total. The smallest absolute Gasteiger partial charge is 1.00 e. The van der Waals surface area contributed by atoms with E-state index >= 15 is 0 Å². The van der Waals surface area contributed by atoms with Gasteiger partial charge < -0.3 is 30.5 Å². The molecule has 0 fully saturated rings. The molecule has 1 N–H and O–H groups in total. The van der Waals surface area contributed by atoms with Gasteiger partial charge in [0.2, 0.25) is 0 Å². The van der Waals surface area contributed by atoms with Gasteiger partial charge >= 0.3 is 25.8 Å². The molecule has 3 aromatic rings. The molecule has 4 rings (SSSR count). The summed E-state index contributed by atoms with van der Waals surface area (Å²) < 4.78 is 0. The average molecular weight is 687 g/mol. The third-order valence-electron chi connectivity index (χ3n) is 5.66. The molecule has 0 amide bonds. The fourth-order valence-corrected chi connectivity index (χ4v) is 4.42. The van der Waals surface area contributed by atoms with Crippen LogP contribution in [0.15, 0.2) is 102 Å². The van der Waals surface area contributed by atoms with Gasteiger partial charge in [0, 0.05) is 0 Å². The summed E-state index contributed by atoms with van der Waals surface area (Å²) in [6, 6.07) is 28.9. The van der Waals surface area contributed by atoms with Crippen LogP contribution in [0.4, 0.5) is 5.69 Å². The van der Waals surface area contributed by atoms with E-state index in [1.54, 1.807) is 0 Å². The maximum absolute atomic E-state index is 7.50. The Bertz CT molecular complexity index is 997. The standard InChI is InChI=1S/C12H10Si.C9H12N.C9H13.2ClH.Hf/c1-3-7-11(8-4-1)13-12-9-5-2-6-10-12;1-7(2)8-5-3-4-6-9(8)10;1-6-5-7(2)9(4)8(6)3;;;/h1-10H;3-7,10H,1-2H3;6H,1-4H3;2*1H;/q;2*-1;;;+4/p-2. The number of halogens is 2. The molecule has 1 aliphatic carbocycles. The summed E-state index contributed by atoms with van der Waals surface area (Å²) in [5.41, 5.74) is 13.5. The summed E-state index contributed by atoms with van der Waals surface area (Å²) in [6.45, 7) is 12.9. The van der Waals surface area contributed by atoms with Crippen molar-refractivity contribution in [3.63, 3.8) is 0 Å². The Morgan fingerprint density at radius 3 is 1.46 bits per heavy atom. The average Bonchev–Trinajstić information content (AvgIpc) is 3.01. The second kappa shape index (κ2) is 18.8. The predicted octanol–water partition coefficient (Wildman–Crippen LogP) is 1.56. The van der Waals surface area contributed by atoms with Gasteiger partial charge in [-0.2, -0.15) is 11.1 Å². The number of hydrogen-bond acceptors (Lipinski definition) is 0. The molecule has 1 atom stereocenters. The van der Waals surface area contributed by atoms with E-state index in [1.807, 2.05) is 24.3 Å². The molecule has 182 valence electrons. The van der Waals surface area contributed by atoms with Crippen molar-refractivity contribution in [2.75, 3.05) is 0 Å². The number of rotatable bonds is 3. The first-order valence-electron chi connectivity index (χ1n) is 11.2. The molecular weight excluding hydrogens is 652 g/mol. The van der Waals surface area contributed by atoms with Crippen molar-refractivity contribution >= 4 is 25.6 Å². The molecule has 0 saturated heterocycles. The van der Waals surface area contributed by atoms with E-state index in [9.17, 15) is 0 Å². The van der Waals surface area contributed by atoms with E-state index in [2.05, 4.69) is 108 Å². The summed E-state index contributed by atoms with van der Waals surface area (Å²) in [7, 11) is 0.777. The molecular formula is C30H35Cl2HfNSi. The molecule has 1 aliphatic rings. The Balaban J connectivity index is 0. The van der Waals surface area contributed by atoms with Crippen LogP contribution in [0.2, 0.25) is 0 Å². The van der Waals surface area contributed by atoms with Crippen molar-refractivity contribution in [3.8, 4) is 0 Å². The molecule has 0 bridgehead atoms. The zero-order valence-corrected chi connectivity index (χ0v) is 27.6. The third kappa shape index (κ3) is 12.4. The largest absolute Gasteiger partial charge is 4.00 e. The molecule has 5 heteroatoms. The van der Waals surface area contributed by atoms with Gasteiger partial charge in [0.05, 0.1) is 0 Å². The molecule has 0 aliphatic heterocycles. The van der Waals surface area contributed by atoms with Gasteiger partial charge in [-0.15, -0.1) is 12.6 Å². The Kier molecular flexibility index (Phi) is 19.2. The summed E-state index contributed by atoms with van der Waals surface area (Å²) in [5, 5.41) is 2.79. The Labute approximate surface area is 247 Å². The molecule has 2 radical (unpaired) electrons. The van der Waals surface area contributed by atoms with Crippen LogP contribution < -0.4 is 35.2 Å². The van der Waals surface area contributed by atoms with Gasteiger partial charge in [-0.05, 0) is 5.92 Å². The second-order valence-corrected chi connectivity index (χ2v) is 9.80. The van der Waals surface area contributed by atoms with E-state index in [-0.39, 0.29) is 50.7 Å². The minimum atomic E-state index is 0. The third-order valence-corrected chi connectivity index (χ3v) is 6.90. The van der Waals surface area contributed by atoms with Crippen molar-refractivity contribution in [3.05, 3.63) is 119 Å². The van der Waals surface area contributed by atoms with Crippen LogP contribution in [0, 0.1) is 12.0 Å². The van der Waals surface area contributed by atoms with E-state index < -0.39 is 0 Å². The zero-order valence-electron chi connectivity index (χ0n) is 21.5. The van der Waals surface area contributed by atoms with Crippen LogP contribution >= 0.6 is 0 Å². The maximum Gasteiger partial charge on any atom is 4.00 e. The Morgan fingerprint density at radius 2 is 1.17 bits per heavy atom. The summed E-state index contributed by atoms with van der Waals surface area (Å²) >= 11 is 0. The maximum atomic E-state index is 7.50. The van der Waals surface area contributed by atoms with E-state index in [0.717, 1.165) is 15.1 Å². The second-order valence-electron chi connectivity index (χ2n) is 8.40. The van der Waals surface area contributed by atoms with Crippen LogP contribution in [0.3, 0.4) is 0 Å². The zero-order chi connectivity index (χ0) is 23.5. The van der Waals surface area contributed by atoms with E-state index in [0.29, 0.717) is 17.5 Å². The number of nitrogens with one attached hydrogen (secondary N) is 1. The number of allylic oxidation sites excluding steroid dienone is 4. The Hall–Kier alpha value is -1.39. The van der Waals surface area contributed by atoms with Crippen molar-refractivity contribution < 1.29 is 50.7 Å². The fraction of sp³-hybridized carbons (Fsp3) is 0.267. The SMILES string of the molecule is CC(C)c1ccccc1[NH-].CC1=[C-]C(C)C(C)=C1C.[Cl-].[Cl-].[Hf+4].c1ccc([Si]c2ccccc2)cc1. The molecule has 35 heavy (non-hydrogen) atoms. The topological polar surface area (TPSA) is 23.8 Å². The predicted molar refractivity (Wildman–Crippen MR) is 142 cm³/mol. The first kappa shape index (κ1) is 35.8. The number of hydrogen-bond donors (Lipinski definition) is 0. The molecule has 1 unspecified atom stereocenters. The monoisotopic (exact) mass is 687 g/mol. The van der Waals surface area contributed by atoms with Crippen LogP contribution in [0.5, 0.6) is 0 Å². The van der Waals surface area contributed by atoms with E-state index in [4.69, 9.17) is 5.73 Å². The van der Waals surface area contributed by atoms with Crippen LogP contribution in [0.1, 0.15) is 53.0 Å². The van der Waals surface area contributed by atoms with Gasteiger partial charge in [0.25, 0.3) is 0 Å². The van der Waals surface area contributed by atoms with Crippen molar-refractivity contribution in [2.45, 2.75) is 47.5 Å². The summed E-state index contributed by atoms with van der Waals surface area (Å²) in [5.74, 6) is 1.03. The van der Waals surface area contributed by atoms with Gasteiger partial charge in [-0.1, -0.05) is 141 Å². The summed E-state index contributed by atoms with van der Waals surface area (Å²) in [6.07, 6.45) is 3.36. The summed E-state index contributed by atoms with van der Waals surface area (Å²) in [4.78, 5) is 0. The van der Waals surface area contributed by atoms with Crippen molar-refractivity contribution in [2.24, 2.45) is 5.92 Å². The van der Waals surface area contributed by atoms with E-state index in [1.165, 1.54) is 27.1 Å². The number of benzene rings is 3. The fourth-order valence-electron chi connectivity index (χ4n) is 3.37. The van der Waals surface area contributed by atoms with Crippen molar-refractivity contribution in [1.29, 1.82) is 0 Å². The van der Waals surface area contributed by atoms with Crippen molar-refractivity contribution in [1.82, 2.24) is 0 Å². The van der Waals surface area contributed by atoms with Crippen LogP contribution in [-0.4, -0.2) is 9.52 Å². The molecule has 0 aromatic heterocycles. The van der Waals surface area contributed by atoms with Gasteiger partial charge in [-0.3, -0.25) is 6.08 Å². The normalized spacial score (nSPS) is 13.6. The quantitative estimate of drug-likeness (QED) is 0.296. The van der Waals surface area contributed by atoms with Crippen LogP contribution in [-0.2, 0) is 25.8 Å². The first-order chi connectivity index (χ1) is 15.3. The molecule has 0 spiro atoms. The molecule has 0 heterocycles. The minimum absolute atomic E-state index is 0. The van der Waals surface area contributed by atoms with Gasteiger partial charge in [0.15, 0.2) is 0 Å². The minimum Gasteiger partial charge on any atom is -1.00 e. The first-order valence-corrected chi connectivity index (χ1v) is 12.2. The molecule has 3 aromatic carbocycles. The Morgan fingerprint density at radius 1 is 0.743 bits per heavy atom. The van der Waals surface area contributed by atoms with Gasteiger partial charge in [-0.25, -0.2) is 5.57 Å². The molecule has 0 saturated carbocycles.